The van der Waals surface area contributed by atoms with Gasteiger partial charge < -0.3 is 10.6 Å². The van der Waals surface area contributed by atoms with Crippen LogP contribution in [0.25, 0.3) is 0 Å². The van der Waals surface area contributed by atoms with Crippen molar-refractivity contribution in [3.8, 4) is 0 Å². The van der Waals surface area contributed by atoms with Gasteiger partial charge in [0.05, 0.1) is 6.04 Å². The Balaban J connectivity index is 0.00000256. The Hall–Kier alpha value is -1.20. The number of hydrogen-bond donors (Lipinski definition) is 1. The Labute approximate surface area is 105 Å². The third kappa shape index (κ3) is 4.28. The lowest BCUT2D eigenvalue weighted by Gasteiger charge is -2.19. The van der Waals surface area contributed by atoms with Gasteiger partial charge in [-0.15, -0.1) is 12.4 Å². The van der Waals surface area contributed by atoms with Crippen LogP contribution in [0.15, 0.2) is 18.2 Å². The lowest BCUT2D eigenvalue weighted by molar-refractivity contribution is -0.131. The first-order valence-electron chi connectivity index (χ1n) is 4.86. The van der Waals surface area contributed by atoms with Crippen LogP contribution >= 0.6 is 12.4 Å². The maximum Gasteiger partial charge on any atom is 0.239 e. The van der Waals surface area contributed by atoms with Crippen molar-refractivity contribution in [2.24, 2.45) is 5.73 Å². The maximum absolute atomic E-state index is 12.9. The molecule has 0 aliphatic rings. The molecule has 0 aliphatic heterocycles. The fraction of sp³-hybridized carbons (Fsp3) is 0.364. The molecule has 6 heteroatoms. The Morgan fingerprint density at radius 2 is 2.00 bits per heavy atom. The van der Waals surface area contributed by atoms with E-state index in [1.54, 1.807) is 14.0 Å². The van der Waals surface area contributed by atoms with Crippen LogP contribution in [0.5, 0.6) is 0 Å². The zero-order valence-corrected chi connectivity index (χ0v) is 10.4. The van der Waals surface area contributed by atoms with E-state index in [9.17, 15) is 13.6 Å². The largest absolute Gasteiger partial charge is 0.340 e. The van der Waals surface area contributed by atoms with Crippen molar-refractivity contribution in [2.75, 3.05) is 7.05 Å². The van der Waals surface area contributed by atoms with E-state index in [-0.39, 0.29) is 24.9 Å². The molecule has 0 fully saturated rings. The van der Waals surface area contributed by atoms with Crippen LogP contribution in [-0.2, 0) is 11.3 Å². The van der Waals surface area contributed by atoms with Gasteiger partial charge in [-0.1, -0.05) is 6.07 Å². The van der Waals surface area contributed by atoms with E-state index in [0.717, 1.165) is 12.1 Å². The minimum absolute atomic E-state index is 0. The number of carbonyl (C=O) groups is 1. The highest BCUT2D eigenvalue weighted by Gasteiger charge is 2.14. The zero-order chi connectivity index (χ0) is 12.3. The molecule has 0 spiro atoms. The van der Waals surface area contributed by atoms with Crippen molar-refractivity contribution in [3.05, 3.63) is 35.4 Å². The van der Waals surface area contributed by atoms with E-state index in [1.165, 1.54) is 11.0 Å². The molecule has 0 bridgehead atoms. The number of halogens is 3. The topological polar surface area (TPSA) is 46.3 Å². The summed E-state index contributed by atoms with van der Waals surface area (Å²) >= 11 is 0. The average molecular weight is 265 g/mol. The molecule has 0 heterocycles. The summed E-state index contributed by atoms with van der Waals surface area (Å²) in [6.07, 6.45) is 0. The summed E-state index contributed by atoms with van der Waals surface area (Å²) in [6, 6.07) is 2.94. The van der Waals surface area contributed by atoms with Gasteiger partial charge in [0, 0.05) is 13.6 Å². The maximum atomic E-state index is 12.9. The summed E-state index contributed by atoms with van der Waals surface area (Å²) in [7, 11) is 1.56. The summed E-state index contributed by atoms with van der Waals surface area (Å²) in [5, 5.41) is 0. The molecule has 2 N–H and O–H groups in total. The number of hydrogen-bond acceptors (Lipinski definition) is 2. The number of amides is 1. The second-order valence-electron chi connectivity index (χ2n) is 3.73. The Morgan fingerprint density at radius 1 is 1.41 bits per heavy atom. The normalized spacial score (nSPS) is 11.6. The molecule has 0 aromatic heterocycles. The second kappa shape index (κ2) is 6.51. The molecule has 0 saturated heterocycles. The molecule has 1 aromatic carbocycles. The van der Waals surface area contributed by atoms with Gasteiger partial charge in [-0.2, -0.15) is 0 Å². The van der Waals surface area contributed by atoms with Gasteiger partial charge in [-0.3, -0.25) is 4.79 Å². The van der Waals surface area contributed by atoms with Gasteiger partial charge in [0.2, 0.25) is 5.91 Å². The lowest BCUT2D eigenvalue weighted by atomic mass is 10.2. The quantitative estimate of drug-likeness (QED) is 0.903. The van der Waals surface area contributed by atoms with Crippen LogP contribution in [0.1, 0.15) is 12.5 Å². The number of likely N-dealkylation sites (N-methyl/N-ethyl adjacent to an activating group) is 1. The minimum atomic E-state index is -0.917. The Morgan fingerprint density at radius 3 is 2.47 bits per heavy atom. The molecule has 1 atom stereocenters. The predicted molar refractivity (Wildman–Crippen MR) is 63.7 cm³/mol. The SMILES string of the molecule is CC(N)C(=O)N(C)Cc1ccc(F)c(F)c1.Cl. The Kier molecular flexibility index (Phi) is 6.05. The molecule has 0 saturated carbocycles. The van der Waals surface area contributed by atoms with E-state index in [4.69, 9.17) is 5.73 Å². The van der Waals surface area contributed by atoms with Gasteiger partial charge in [-0.25, -0.2) is 8.78 Å². The predicted octanol–water partition coefficient (Wildman–Crippen LogP) is 1.69. The van der Waals surface area contributed by atoms with Crippen molar-refractivity contribution in [1.29, 1.82) is 0 Å². The van der Waals surface area contributed by atoms with E-state index < -0.39 is 17.7 Å². The highest BCUT2D eigenvalue weighted by atomic mass is 35.5. The fourth-order valence-corrected chi connectivity index (χ4v) is 1.34. The molecule has 1 aromatic rings. The first-order chi connectivity index (χ1) is 7.41. The number of carbonyl (C=O) groups excluding carboxylic acids is 1. The van der Waals surface area contributed by atoms with E-state index >= 15 is 0 Å². The van der Waals surface area contributed by atoms with Crippen molar-refractivity contribution < 1.29 is 13.6 Å². The molecule has 1 rings (SSSR count). The number of nitrogens with zero attached hydrogens (tertiary/aromatic N) is 1. The number of benzene rings is 1. The van der Waals surface area contributed by atoms with Crippen molar-refractivity contribution in [1.82, 2.24) is 4.90 Å². The van der Waals surface area contributed by atoms with Gasteiger partial charge in [0.15, 0.2) is 11.6 Å². The fourth-order valence-electron chi connectivity index (χ4n) is 1.34. The second-order valence-corrected chi connectivity index (χ2v) is 3.73. The molecular weight excluding hydrogens is 250 g/mol. The van der Waals surface area contributed by atoms with Gasteiger partial charge in [0.25, 0.3) is 0 Å². The van der Waals surface area contributed by atoms with Gasteiger partial charge in [-0.05, 0) is 24.6 Å². The van der Waals surface area contributed by atoms with Crippen LogP contribution in [0.2, 0.25) is 0 Å². The molecule has 1 unspecified atom stereocenters. The van der Waals surface area contributed by atoms with E-state index in [1.807, 2.05) is 0 Å². The van der Waals surface area contributed by atoms with Gasteiger partial charge >= 0.3 is 0 Å². The molecule has 1 amide bonds. The van der Waals surface area contributed by atoms with E-state index in [0.29, 0.717) is 5.56 Å². The zero-order valence-electron chi connectivity index (χ0n) is 9.61. The third-order valence-corrected chi connectivity index (χ3v) is 2.17. The van der Waals surface area contributed by atoms with Crippen molar-refractivity contribution in [3.63, 3.8) is 0 Å². The molecule has 0 aliphatic carbocycles. The summed E-state index contributed by atoms with van der Waals surface area (Å²) < 4.78 is 25.5. The van der Waals surface area contributed by atoms with Crippen LogP contribution in [0.3, 0.4) is 0 Å². The Bertz CT molecular complexity index is 399. The van der Waals surface area contributed by atoms with Crippen LogP contribution in [-0.4, -0.2) is 23.9 Å². The van der Waals surface area contributed by atoms with E-state index in [2.05, 4.69) is 0 Å². The smallest absolute Gasteiger partial charge is 0.239 e. The highest BCUT2D eigenvalue weighted by molar-refractivity contribution is 5.85. The number of rotatable bonds is 3. The minimum Gasteiger partial charge on any atom is -0.340 e. The monoisotopic (exact) mass is 264 g/mol. The lowest BCUT2D eigenvalue weighted by Crippen LogP contribution is -2.39. The van der Waals surface area contributed by atoms with Gasteiger partial charge in [0.1, 0.15) is 0 Å². The van der Waals surface area contributed by atoms with Crippen molar-refractivity contribution >= 4 is 18.3 Å². The molecule has 3 nitrogen and oxygen atoms in total. The molecule has 96 valence electrons. The first kappa shape index (κ1) is 15.8. The van der Waals surface area contributed by atoms with Crippen LogP contribution < -0.4 is 5.73 Å². The average Bonchev–Trinajstić information content (AvgIpc) is 2.22. The van der Waals surface area contributed by atoms with Crippen LogP contribution in [0, 0.1) is 11.6 Å². The summed E-state index contributed by atoms with van der Waals surface area (Å²) in [6.45, 7) is 1.78. The van der Waals surface area contributed by atoms with Crippen LogP contribution in [0.4, 0.5) is 8.78 Å². The third-order valence-electron chi connectivity index (χ3n) is 2.17. The standard InChI is InChI=1S/C11H14F2N2O.ClH/c1-7(14)11(16)15(2)6-8-3-4-9(12)10(13)5-8;/h3-5,7H,6,14H2,1-2H3;1H. The molecule has 17 heavy (non-hydrogen) atoms. The summed E-state index contributed by atoms with van der Waals surface area (Å²) in [5.41, 5.74) is 5.94. The molecule has 0 radical (unpaired) electrons. The molecular formula is C11H15ClF2N2O. The number of nitrogens with two attached hydrogens (primary N) is 1. The summed E-state index contributed by atoms with van der Waals surface area (Å²) in [4.78, 5) is 12.8. The highest BCUT2D eigenvalue weighted by Crippen LogP contribution is 2.10. The summed E-state index contributed by atoms with van der Waals surface area (Å²) in [5.74, 6) is -2.06. The first-order valence-corrected chi connectivity index (χ1v) is 4.86. The van der Waals surface area contributed by atoms with Crippen molar-refractivity contribution in [2.45, 2.75) is 19.5 Å².